The van der Waals surface area contributed by atoms with Gasteiger partial charge in [0.25, 0.3) is 11.8 Å². The van der Waals surface area contributed by atoms with Crippen molar-refractivity contribution in [1.82, 2.24) is 20.9 Å². The number of methoxy groups -OCH3 is 1. The lowest BCUT2D eigenvalue weighted by Gasteiger charge is -2.46. The van der Waals surface area contributed by atoms with Gasteiger partial charge in [0.05, 0.1) is 18.6 Å². The van der Waals surface area contributed by atoms with Gasteiger partial charge in [-0.1, -0.05) is 20.8 Å². The largest absolute Gasteiger partial charge is 0.453 e. The number of hydrogen-bond donors (Lipinski definition) is 3. The van der Waals surface area contributed by atoms with Crippen LogP contribution < -0.4 is 16.0 Å². The first-order valence-corrected chi connectivity index (χ1v) is 12.3. The maximum atomic E-state index is 14.7. The number of halogens is 4. The Hall–Kier alpha value is -2.93. The van der Waals surface area contributed by atoms with Crippen LogP contribution >= 0.6 is 0 Å². The lowest BCUT2D eigenvalue weighted by Crippen LogP contribution is -2.59. The molecule has 1 saturated heterocycles. The summed E-state index contributed by atoms with van der Waals surface area (Å²) in [7, 11) is 2.23. The van der Waals surface area contributed by atoms with Gasteiger partial charge in [-0.25, -0.2) is 22.4 Å². The van der Waals surface area contributed by atoms with Crippen LogP contribution in [0.1, 0.15) is 59.8 Å². The predicted octanol–water partition coefficient (Wildman–Crippen LogP) is 2.01. The Kier molecular flexibility index (Phi) is 9.10. The predicted molar refractivity (Wildman–Crippen MR) is 126 cm³/mol. The Balaban J connectivity index is 2.41. The highest BCUT2D eigenvalue weighted by atomic mass is 19.3. The molecule has 0 aromatic heterocycles. The Morgan fingerprint density at radius 3 is 2.08 bits per heavy atom. The number of carbonyl (C=O) groups is 5. The van der Waals surface area contributed by atoms with E-state index in [0.717, 1.165) is 19.1 Å². The van der Waals surface area contributed by atoms with Crippen LogP contribution in [-0.2, 0) is 23.9 Å². The minimum Gasteiger partial charge on any atom is -0.453 e. The second-order valence-corrected chi connectivity index (χ2v) is 11.2. The molecule has 2 aliphatic rings. The van der Waals surface area contributed by atoms with E-state index in [0.29, 0.717) is 6.92 Å². The van der Waals surface area contributed by atoms with Gasteiger partial charge in [0, 0.05) is 26.4 Å². The van der Waals surface area contributed by atoms with E-state index >= 15 is 0 Å². The van der Waals surface area contributed by atoms with E-state index in [-0.39, 0.29) is 6.42 Å². The summed E-state index contributed by atoms with van der Waals surface area (Å²) in [5.74, 6) is -10.6. The molecule has 14 heteroatoms. The highest BCUT2D eigenvalue weighted by molar-refractivity contribution is 6.38. The molecule has 1 heterocycles. The van der Waals surface area contributed by atoms with Crippen molar-refractivity contribution in [3.05, 3.63) is 0 Å². The molecular formula is C24H36F4N4O6. The Morgan fingerprint density at radius 2 is 1.66 bits per heavy atom. The van der Waals surface area contributed by atoms with Crippen molar-refractivity contribution in [2.24, 2.45) is 10.8 Å². The summed E-state index contributed by atoms with van der Waals surface area (Å²) in [5, 5.41) is 6.69. The fourth-order valence-corrected chi connectivity index (χ4v) is 4.77. The molecule has 4 amide bonds. The molecule has 1 saturated carbocycles. The van der Waals surface area contributed by atoms with Crippen LogP contribution in [-0.4, -0.2) is 85.2 Å². The molecule has 1 spiro atoms. The number of rotatable bonds is 9. The van der Waals surface area contributed by atoms with E-state index < -0.39 is 103 Å². The smallest absolute Gasteiger partial charge is 0.407 e. The van der Waals surface area contributed by atoms with Crippen LogP contribution in [0.4, 0.5) is 22.4 Å². The standard InChI is InChI=1S/C24H36F4N4O6/c1-21(2,3)16(31-20(37)38-6)19(36)32-12-23(9-10-24(23,27)28)11-14(32)17(34)30-13(7-8-22(4,25)26)15(33)18(35)29-5/h13-14,16H,7-12H2,1-6H3,(H,29,35)(H,30,34)(H,31,37)/t13-,14-,16+,23?/m0/s1. The number of amides is 4. The summed E-state index contributed by atoms with van der Waals surface area (Å²) in [6, 6.07) is -4.44. The van der Waals surface area contributed by atoms with Crippen LogP contribution in [0.5, 0.6) is 0 Å². The summed E-state index contributed by atoms with van der Waals surface area (Å²) in [4.78, 5) is 64.3. The zero-order chi connectivity index (χ0) is 29.3. The van der Waals surface area contributed by atoms with Gasteiger partial charge in [0.1, 0.15) is 12.1 Å². The number of ether oxygens (including phenoxy) is 1. The molecular weight excluding hydrogens is 516 g/mol. The number of likely N-dealkylation sites (N-methyl/N-ethyl adjacent to an activating group) is 1. The average Bonchev–Trinajstić information content (AvgIpc) is 3.25. The molecule has 0 radical (unpaired) electrons. The van der Waals surface area contributed by atoms with Gasteiger partial charge in [-0.2, -0.15) is 0 Å². The number of hydrogen-bond acceptors (Lipinski definition) is 6. The molecule has 216 valence electrons. The van der Waals surface area contributed by atoms with E-state index in [9.17, 15) is 41.5 Å². The third-order valence-electron chi connectivity index (χ3n) is 7.23. The number of Topliss-reactive ketones (excluding diaryl/α,β-unsaturated/α-hetero) is 1. The van der Waals surface area contributed by atoms with E-state index in [1.165, 1.54) is 0 Å². The van der Waals surface area contributed by atoms with Gasteiger partial charge in [-0.3, -0.25) is 19.2 Å². The molecule has 0 aromatic carbocycles. The maximum Gasteiger partial charge on any atom is 0.407 e. The van der Waals surface area contributed by atoms with Crippen LogP contribution in [0, 0.1) is 10.8 Å². The number of alkyl carbamates (subject to hydrolysis) is 1. The van der Waals surface area contributed by atoms with Crippen LogP contribution in [0.3, 0.4) is 0 Å². The second kappa shape index (κ2) is 11.0. The van der Waals surface area contributed by atoms with E-state index in [1.807, 2.05) is 0 Å². The first-order valence-electron chi connectivity index (χ1n) is 12.3. The molecule has 1 unspecified atom stereocenters. The molecule has 2 rings (SSSR count). The molecule has 4 atom stereocenters. The van der Waals surface area contributed by atoms with Gasteiger partial charge in [0.15, 0.2) is 0 Å². The average molecular weight is 553 g/mol. The summed E-state index contributed by atoms with van der Waals surface area (Å²) in [6.07, 6.45) is -3.24. The lowest BCUT2D eigenvalue weighted by molar-refractivity contribution is -0.195. The molecule has 3 N–H and O–H groups in total. The third-order valence-corrected chi connectivity index (χ3v) is 7.23. The zero-order valence-electron chi connectivity index (χ0n) is 22.4. The molecule has 1 aliphatic carbocycles. The summed E-state index contributed by atoms with van der Waals surface area (Å²) in [5.41, 5.74) is -2.62. The monoisotopic (exact) mass is 552 g/mol. The minimum absolute atomic E-state index is 0.0286. The highest BCUT2D eigenvalue weighted by Crippen LogP contribution is 2.60. The summed E-state index contributed by atoms with van der Waals surface area (Å²) >= 11 is 0. The molecule has 10 nitrogen and oxygen atoms in total. The van der Waals surface area contributed by atoms with E-state index in [2.05, 4.69) is 20.7 Å². The quantitative estimate of drug-likeness (QED) is 0.296. The Morgan fingerprint density at radius 1 is 1.05 bits per heavy atom. The third kappa shape index (κ3) is 6.73. The topological polar surface area (TPSA) is 134 Å². The fourth-order valence-electron chi connectivity index (χ4n) is 4.77. The van der Waals surface area contributed by atoms with Crippen LogP contribution in [0.2, 0.25) is 0 Å². The number of alkyl halides is 4. The van der Waals surface area contributed by atoms with Gasteiger partial charge >= 0.3 is 6.09 Å². The maximum absolute atomic E-state index is 14.7. The van der Waals surface area contributed by atoms with Crippen molar-refractivity contribution in [1.29, 1.82) is 0 Å². The fraction of sp³-hybridized carbons (Fsp3) is 0.792. The molecule has 2 fully saturated rings. The number of carbonyl (C=O) groups excluding carboxylic acids is 5. The van der Waals surface area contributed by atoms with Crippen molar-refractivity contribution in [2.75, 3.05) is 20.7 Å². The van der Waals surface area contributed by atoms with Crippen molar-refractivity contribution in [2.45, 2.75) is 89.8 Å². The lowest BCUT2D eigenvalue weighted by atomic mass is 9.64. The number of nitrogens with zero attached hydrogens (tertiary/aromatic N) is 1. The summed E-state index contributed by atoms with van der Waals surface area (Å²) < 4.78 is 61.0. The second-order valence-electron chi connectivity index (χ2n) is 11.2. The number of ketones is 1. The SMILES string of the molecule is CNC(=O)C(=O)[C@H](CCC(C)(F)F)NC(=O)[C@@H]1CC2(CCC2(F)F)CN1C(=O)[C@@H](NC(=O)OC)C(C)(C)C. The normalized spacial score (nSPS) is 24.2. The van der Waals surface area contributed by atoms with Crippen molar-refractivity contribution in [3.63, 3.8) is 0 Å². The zero-order valence-corrected chi connectivity index (χ0v) is 22.4. The van der Waals surface area contributed by atoms with Crippen molar-refractivity contribution < 1.29 is 46.3 Å². The van der Waals surface area contributed by atoms with Crippen LogP contribution in [0.25, 0.3) is 0 Å². The van der Waals surface area contributed by atoms with Gasteiger partial charge in [-0.15, -0.1) is 0 Å². The molecule has 1 aliphatic heterocycles. The molecule has 0 aromatic rings. The highest BCUT2D eigenvalue weighted by Gasteiger charge is 2.67. The van der Waals surface area contributed by atoms with Gasteiger partial charge in [0.2, 0.25) is 23.5 Å². The number of likely N-dealkylation sites (tertiary alicyclic amines) is 1. The summed E-state index contributed by atoms with van der Waals surface area (Å²) in [6.45, 7) is 4.97. The first kappa shape index (κ1) is 31.3. The first-order chi connectivity index (χ1) is 17.3. The molecule has 38 heavy (non-hydrogen) atoms. The van der Waals surface area contributed by atoms with Crippen molar-refractivity contribution in [3.8, 4) is 0 Å². The minimum atomic E-state index is -3.21. The van der Waals surface area contributed by atoms with Gasteiger partial charge in [-0.05, 0) is 31.6 Å². The van der Waals surface area contributed by atoms with Crippen LogP contribution in [0.15, 0.2) is 0 Å². The Labute approximate surface area is 218 Å². The molecule has 0 bridgehead atoms. The van der Waals surface area contributed by atoms with E-state index in [1.54, 1.807) is 20.8 Å². The van der Waals surface area contributed by atoms with E-state index in [4.69, 9.17) is 0 Å². The number of nitrogens with one attached hydrogen (secondary N) is 3. The Bertz CT molecular complexity index is 965. The van der Waals surface area contributed by atoms with Gasteiger partial charge < -0.3 is 25.6 Å². The van der Waals surface area contributed by atoms with Crippen molar-refractivity contribution >= 4 is 29.6 Å².